The standard InChI is InChI=1S/C52H60F24O5/c1-3-5-7-8-9-10-11-12-13-14-15-16-17-18-19-21-38(79)44(28-35(78)29-77,43(80)81-36-26-33(41(49(65,66)67)50(68,69)70)25-34(27-36)42(51(71,72)73)52(74,75)76)37(20-6-4-2)30-22-31(39(45(53,54)55)46(56,57)58)24-32(23-30)40(47(59,60)61)48(62,63)64/h12-13,22-27,35,37,39-42,77-78H,3-11,14-21,28-29H2,1-2H3/b13-12-. The monoisotopic (exact) mass is 1220 g/mol. The van der Waals surface area contributed by atoms with Gasteiger partial charge in [-0.3, -0.25) is 9.59 Å². The number of unbranched alkanes of at least 4 members (excludes halogenated alkanes) is 12. The summed E-state index contributed by atoms with van der Waals surface area (Å²) < 4.78 is 347. The summed E-state index contributed by atoms with van der Waals surface area (Å²) in [6.07, 6.45) is -48.9. The molecular formula is C52H60F24O5. The fraction of sp³-hybridized carbons (Fsp3) is 0.692. The molecule has 3 unspecified atom stereocenters. The molecule has 3 atom stereocenters. The second-order valence-electron chi connectivity index (χ2n) is 19.7. The molecule has 466 valence electrons. The SMILES string of the molecule is CCCCCCCC/C=C\CCCCCCCC(=O)C(CC(O)CO)(C(=O)Oc1cc(C(C(F)(F)F)C(F)(F)F)cc(C(C(F)(F)F)C(F)(F)F)c1)C(CCCC)c1cc(C(C(F)(F)F)C(F)(F)F)cc(C(C(F)(F)F)C(F)(F)F)c1. The molecule has 0 bridgehead atoms. The van der Waals surface area contributed by atoms with Crippen LogP contribution in [-0.4, -0.2) is 84.1 Å². The van der Waals surface area contributed by atoms with Gasteiger partial charge in [-0.2, -0.15) is 105 Å². The predicted molar refractivity (Wildman–Crippen MR) is 245 cm³/mol. The van der Waals surface area contributed by atoms with E-state index in [0.717, 1.165) is 44.9 Å². The molecule has 0 aliphatic rings. The van der Waals surface area contributed by atoms with Crippen LogP contribution in [-0.2, 0) is 9.59 Å². The van der Waals surface area contributed by atoms with Crippen LogP contribution in [0.4, 0.5) is 105 Å². The maximum absolute atomic E-state index is 15.0. The molecule has 81 heavy (non-hydrogen) atoms. The first-order valence-electron chi connectivity index (χ1n) is 25.4. The lowest BCUT2D eigenvalue weighted by Gasteiger charge is -2.40. The average molecular weight is 1220 g/mol. The number of alkyl halides is 24. The summed E-state index contributed by atoms with van der Waals surface area (Å²) in [5.74, 6) is -29.5. The first kappa shape index (κ1) is 72.7. The third kappa shape index (κ3) is 21.6. The molecule has 0 saturated carbocycles. The highest BCUT2D eigenvalue weighted by molar-refractivity contribution is 6.05. The zero-order valence-electron chi connectivity index (χ0n) is 43.2. The molecule has 0 aliphatic carbocycles. The van der Waals surface area contributed by atoms with Crippen LogP contribution in [0.15, 0.2) is 48.6 Å². The first-order valence-corrected chi connectivity index (χ1v) is 25.4. The van der Waals surface area contributed by atoms with Gasteiger partial charge in [-0.05, 0) is 84.9 Å². The molecule has 0 radical (unpaired) electrons. The molecule has 0 aliphatic heterocycles. The van der Waals surface area contributed by atoms with Crippen LogP contribution in [0.2, 0.25) is 0 Å². The molecular weight excluding hydrogens is 1160 g/mol. The Balaban J connectivity index is 3.21. The molecule has 2 aromatic rings. The summed E-state index contributed by atoms with van der Waals surface area (Å²) >= 11 is 0. The fourth-order valence-corrected chi connectivity index (χ4v) is 9.64. The topological polar surface area (TPSA) is 83.8 Å². The summed E-state index contributed by atoms with van der Waals surface area (Å²) in [7, 11) is 0. The van der Waals surface area contributed by atoms with Crippen molar-refractivity contribution in [3.05, 3.63) is 76.4 Å². The highest BCUT2D eigenvalue weighted by Gasteiger charge is 2.63. The van der Waals surface area contributed by atoms with E-state index in [0.29, 0.717) is 19.3 Å². The minimum Gasteiger partial charge on any atom is -0.426 e. The van der Waals surface area contributed by atoms with Crippen molar-refractivity contribution in [1.29, 1.82) is 0 Å². The average Bonchev–Trinajstić information content (AvgIpc) is 3.34. The minimum absolute atomic E-state index is 0.0597. The number of benzene rings is 2. The number of ketones is 1. The van der Waals surface area contributed by atoms with E-state index in [2.05, 4.69) is 6.92 Å². The summed E-state index contributed by atoms with van der Waals surface area (Å²) in [5, 5.41) is 21.0. The van der Waals surface area contributed by atoms with E-state index in [1.165, 1.54) is 6.92 Å². The minimum atomic E-state index is -6.65. The van der Waals surface area contributed by atoms with Gasteiger partial charge in [0.05, 0.1) is 12.7 Å². The zero-order valence-corrected chi connectivity index (χ0v) is 43.2. The third-order valence-corrected chi connectivity index (χ3v) is 13.3. The van der Waals surface area contributed by atoms with Gasteiger partial charge in [-0.1, -0.05) is 114 Å². The van der Waals surface area contributed by atoms with Crippen molar-refractivity contribution < 1.29 is 130 Å². The highest BCUT2D eigenvalue weighted by atomic mass is 19.4. The number of aliphatic hydroxyl groups excluding tert-OH is 2. The lowest BCUT2D eigenvalue weighted by molar-refractivity contribution is -0.257. The maximum atomic E-state index is 15.0. The number of halogens is 24. The van der Waals surface area contributed by atoms with Crippen molar-refractivity contribution in [3.8, 4) is 5.75 Å². The van der Waals surface area contributed by atoms with Crippen LogP contribution in [0.1, 0.15) is 187 Å². The van der Waals surface area contributed by atoms with Crippen molar-refractivity contribution >= 4 is 11.8 Å². The van der Waals surface area contributed by atoms with Crippen LogP contribution in [0, 0.1) is 5.41 Å². The number of hydrogen-bond donors (Lipinski definition) is 2. The van der Waals surface area contributed by atoms with Gasteiger partial charge in [0.15, 0.2) is 29.5 Å². The lowest BCUT2D eigenvalue weighted by atomic mass is 9.62. The Kier molecular flexibility index (Phi) is 26.4. The molecule has 29 heteroatoms. The van der Waals surface area contributed by atoms with Crippen LogP contribution in [0.3, 0.4) is 0 Å². The van der Waals surface area contributed by atoms with Crippen LogP contribution < -0.4 is 4.74 Å². The molecule has 0 fully saturated rings. The van der Waals surface area contributed by atoms with Crippen LogP contribution >= 0.6 is 0 Å². The smallest absolute Gasteiger partial charge is 0.404 e. The number of carbonyl (C=O) groups is 2. The Morgan fingerprint density at radius 1 is 0.444 bits per heavy atom. The van der Waals surface area contributed by atoms with Crippen LogP contribution in [0.25, 0.3) is 0 Å². The fourth-order valence-electron chi connectivity index (χ4n) is 9.64. The van der Waals surface area contributed by atoms with Gasteiger partial charge in [-0.15, -0.1) is 0 Å². The molecule has 2 rings (SSSR count). The van der Waals surface area contributed by atoms with E-state index in [1.807, 2.05) is 12.2 Å². The molecule has 2 aromatic carbocycles. The summed E-state index contributed by atoms with van der Waals surface area (Å²) in [6, 6.07) is -3.53. The van der Waals surface area contributed by atoms with Crippen molar-refractivity contribution in [1.82, 2.24) is 0 Å². The molecule has 0 spiro atoms. The Bertz CT molecular complexity index is 2130. The molecule has 0 heterocycles. The normalized spacial score (nSPS) is 15.4. The molecule has 0 saturated heterocycles. The van der Waals surface area contributed by atoms with Crippen molar-refractivity contribution in [3.63, 3.8) is 0 Å². The van der Waals surface area contributed by atoms with E-state index in [9.17, 15) is 120 Å². The number of esters is 1. The molecule has 2 N–H and O–H groups in total. The van der Waals surface area contributed by atoms with E-state index in [-0.39, 0.29) is 31.4 Å². The van der Waals surface area contributed by atoms with Crippen molar-refractivity contribution in [2.45, 2.75) is 215 Å². The third-order valence-electron chi connectivity index (χ3n) is 13.3. The van der Waals surface area contributed by atoms with E-state index < -0.39 is 199 Å². The van der Waals surface area contributed by atoms with Gasteiger partial charge >= 0.3 is 55.4 Å². The number of hydrogen-bond acceptors (Lipinski definition) is 5. The Hall–Kier alpha value is -4.44. The molecule has 0 aromatic heterocycles. The summed E-state index contributed by atoms with van der Waals surface area (Å²) in [5.41, 5.74) is -15.6. The Morgan fingerprint density at radius 3 is 1.09 bits per heavy atom. The lowest BCUT2D eigenvalue weighted by Crippen LogP contribution is -2.50. The summed E-state index contributed by atoms with van der Waals surface area (Å²) in [4.78, 5) is 30.0. The highest BCUT2D eigenvalue weighted by Crippen LogP contribution is 2.56. The largest absolute Gasteiger partial charge is 0.426 e. The second kappa shape index (κ2) is 29.4. The number of ether oxygens (including phenoxy) is 1. The van der Waals surface area contributed by atoms with E-state index in [1.54, 1.807) is 0 Å². The number of rotatable bonds is 30. The maximum Gasteiger partial charge on any atom is 0.404 e. The van der Waals surface area contributed by atoms with Gasteiger partial charge < -0.3 is 14.9 Å². The Labute approximate surface area is 449 Å². The second-order valence-corrected chi connectivity index (χ2v) is 19.7. The zero-order chi connectivity index (χ0) is 62.4. The van der Waals surface area contributed by atoms with Gasteiger partial charge in [0.25, 0.3) is 0 Å². The number of Topliss-reactive ketones (excluding diaryl/α,β-unsaturated/α-hetero) is 1. The quantitative estimate of drug-likeness (QED) is 0.0203. The van der Waals surface area contributed by atoms with Crippen molar-refractivity contribution in [2.75, 3.05) is 6.61 Å². The van der Waals surface area contributed by atoms with Gasteiger partial charge in [-0.25, -0.2) is 0 Å². The predicted octanol–water partition coefficient (Wildman–Crippen LogP) is 18.7. The van der Waals surface area contributed by atoms with E-state index >= 15 is 4.79 Å². The number of allylic oxidation sites excluding steroid dienone is 2. The van der Waals surface area contributed by atoms with Crippen molar-refractivity contribution in [2.24, 2.45) is 5.41 Å². The molecule has 5 nitrogen and oxygen atoms in total. The molecule has 0 amide bonds. The van der Waals surface area contributed by atoms with Gasteiger partial charge in [0, 0.05) is 12.3 Å². The van der Waals surface area contributed by atoms with Gasteiger partial charge in [0.2, 0.25) is 0 Å². The van der Waals surface area contributed by atoms with Gasteiger partial charge in [0.1, 0.15) is 11.2 Å². The van der Waals surface area contributed by atoms with E-state index in [4.69, 9.17) is 4.74 Å². The number of aliphatic hydroxyl groups is 2. The number of carbonyl (C=O) groups excluding carboxylic acids is 2. The Morgan fingerprint density at radius 2 is 0.753 bits per heavy atom. The van der Waals surface area contributed by atoms with Crippen LogP contribution in [0.5, 0.6) is 5.75 Å². The first-order chi connectivity index (χ1) is 36.9. The summed E-state index contributed by atoms with van der Waals surface area (Å²) in [6.45, 7) is 1.60.